The van der Waals surface area contributed by atoms with Gasteiger partial charge in [0, 0.05) is 6.42 Å². The molecule has 1 heterocycles. The summed E-state index contributed by atoms with van der Waals surface area (Å²) in [5.74, 6) is 0.00943. The lowest BCUT2D eigenvalue weighted by molar-refractivity contribution is 0.102. The predicted molar refractivity (Wildman–Crippen MR) is 91.3 cm³/mol. The Morgan fingerprint density at radius 2 is 1.96 bits per heavy atom. The number of aromatic nitrogens is 2. The van der Waals surface area contributed by atoms with Crippen molar-refractivity contribution in [2.24, 2.45) is 5.92 Å². The summed E-state index contributed by atoms with van der Waals surface area (Å²) in [6, 6.07) is 6.38. The number of benzene rings is 1. The van der Waals surface area contributed by atoms with E-state index in [0.717, 1.165) is 17.7 Å². The Bertz CT molecular complexity index is 800. The van der Waals surface area contributed by atoms with Crippen LogP contribution in [-0.2, 0) is 16.4 Å². The van der Waals surface area contributed by atoms with Crippen molar-refractivity contribution >= 4 is 38.1 Å². The van der Waals surface area contributed by atoms with Gasteiger partial charge in [0.25, 0.3) is 5.91 Å². The van der Waals surface area contributed by atoms with E-state index in [4.69, 9.17) is 0 Å². The number of carbonyl (C=O) groups is 1. The summed E-state index contributed by atoms with van der Waals surface area (Å²) in [7, 11) is -3.47. The summed E-state index contributed by atoms with van der Waals surface area (Å²) >= 11 is 1.31. The molecule has 1 aromatic carbocycles. The highest BCUT2D eigenvalue weighted by Crippen LogP contribution is 2.21. The SMILES string of the molecule is CC(C)Cc1nnc(NC(=O)c2ccccc2NS(C)(=O)=O)s1. The summed E-state index contributed by atoms with van der Waals surface area (Å²) in [5, 5.41) is 11.8. The highest BCUT2D eigenvalue weighted by atomic mass is 32.2. The van der Waals surface area contributed by atoms with E-state index in [1.807, 2.05) is 0 Å². The number of hydrogen-bond acceptors (Lipinski definition) is 6. The van der Waals surface area contributed by atoms with Gasteiger partial charge < -0.3 is 0 Å². The zero-order valence-corrected chi connectivity index (χ0v) is 14.7. The fourth-order valence-corrected chi connectivity index (χ4v) is 3.39. The maximum atomic E-state index is 12.3. The summed E-state index contributed by atoms with van der Waals surface area (Å²) in [6.45, 7) is 4.15. The molecule has 0 aliphatic rings. The molecule has 0 aliphatic carbocycles. The molecule has 0 atom stereocenters. The lowest BCUT2D eigenvalue weighted by Crippen LogP contribution is -2.17. The van der Waals surface area contributed by atoms with Gasteiger partial charge in [-0.2, -0.15) is 0 Å². The van der Waals surface area contributed by atoms with Crippen molar-refractivity contribution in [2.75, 3.05) is 16.3 Å². The van der Waals surface area contributed by atoms with Gasteiger partial charge in [0.05, 0.1) is 17.5 Å². The predicted octanol–water partition coefficient (Wildman–Crippen LogP) is 2.36. The molecule has 0 spiro atoms. The number of sulfonamides is 1. The van der Waals surface area contributed by atoms with Crippen LogP contribution in [0.5, 0.6) is 0 Å². The van der Waals surface area contributed by atoms with E-state index in [2.05, 4.69) is 34.1 Å². The zero-order chi connectivity index (χ0) is 17.0. The molecule has 0 unspecified atom stereocenters. The standard InChI is InChI=1S/C14H18N4O3S2/c1-9(2)8-12-16-17-14(22-12)15-13(19)10-6-4-5-7-11(10)18-23(3,20)21/h4-7,9,18H,8H2,1-3H3,(H,15,17,19). The summed E-state index contributed by atoms with van der Waals surface area (Å²) in [5.41, 5.74) is 0.443. The van der Waals surface area contributed by atoms with Gasteiger partial charge in [-0.1, -0.05) is 37.3 Å². The van der Waals surface area contributed by atoms with Crippen molar-refractivity contribution in [3.63, 3.8) is 0 Å². The first-order chi connectivity index (χ1) is 10.7. The van der Waals surface area contributed by atoms with Crippen LogP contribution in [0.4, 0.5) is 10.8 Å². The molecule has 1 aromatic heterocycles. The number of para-hydroxylation sites is 1. The van der Waals surface area contributed by atoms with E-state index < -0.39 is 15.9 Å². The van der Waals surface area contributed by atoms with Crippen LogP contribution in [0.25, 0.3) is 0 Å². The van der Waals surface area contributed by atoms with Crippen LogP contribution in [0.1, 0.15) is 29.2 Å². The second kappa shape index (κ2) is 7.05. The lowest BCUT2D eigenvalue weighted by Gasteiger charge is -2.09. The Morgan fingerprint density at radius 3 is 2.61 bits per heavy atom. The minimum atomic E-state index is -3.47. The summed E-state index contributed by atoms with van der Waals surface area (Å²) in [6.07, 6.45) is 1.82. The molecule has 124 valence electrons. The molecule has 2 rings (SSSR count). The first-order valence-electron chi connectivity index (χ1n) is 6.95. The molecule has 0 saturated carbocycles. The molecule has 0 radical (unpaired) electrons. The van der Waals surface area contributed by atoms with Gasteiger partial charge >= 0.3 is 0 Å². The molecule has 0 bridgehead atoms. The van der Waals surface area contributed by atoms with Crippen molar-refractivity contribution in [3.05, 3.63) is 34.8 Å². The molecule has 9 heteroatoms. The minimum absolute atomic E-state index is 0.221. The third-order valence-electron chi connectivity index (χ3n) is 2.74. The average molecular weight is 354 g/mol. The van der Waals surface area contributed by atoms with Crippen LogP contribution in [0.2, 0.25) is 0 Å². The second-order valence-electron chi connectivity index (χ2n) is 5.47. The van der Waals surface area contributed by atoms with Gasteiger partial charge in [-0.25, -0.2) is 8.42 Å². The summed E-state index contributed by atoms with van der Waals surface area (Å²) < 4.78 is 25.1. The maximum Gasteiger partial charge on any atom is 0.259 e. The molecule has 23 heavy (non-hydrogen) atoms. The normalized spacial score (nSPS) is 11.5. The molecule has 1 amide bonds. The molecule has 2 N–H and O–H groups in total. The number of nitrogens with one attached hydrogen (secondary N) is 2. The van der Waals surface area contributed by atoms with E-state index in [0.29, 0.717) is 11.0 Å². The van der Waals surface area contributed by atoms with E-state index in [1.54, 1.807) is 18.2 Å². The van der Waals surface area contributed by atoms with E-state index in [-0.39, 0.29) is 11.3 Å². The van der Waals surface area contributed by atoms with Crippen LogP contribution in [0.3, 0.4) is 0 Å². The second-order valence-corrected chi connectivity index (χ2v) is 8.28. The number of anilines is 2. The number of hydrogen-bond donors (Lipinski definition) is 2. The van der Waals surface area contributed by atoms with Crippen LogP contribution in [-0.4, -0.2) is 30.8 Å². The van der Waals surface area contributed by atoms with E-state index in [9.17, 15) is 13.2 Å². The Balaban J connectivity index is 2.16. The van der Waals surface area contributed by atoms with Crippen molar-refractivity contribution in [3.8, 4) is 0 Å². The van der Waals surface area contributed by atoms with Crippen molar-refractivity contribution < 1.29 is 13.2 Å². The smallest absolute Gasteiger partial charge is 0.259 e. The fraction of sp³-hybridized carbons (Fsp3) is 0.357. The van der Waals surface area contributed by atoms with Crippen LogP contribution >= 0.6 is 11.3 Å². The van der Waals surface area contributed by atoms with Crippen molar-refractivity contribution in [2.45, 2.75) is 20.3 Å². The third kappa shape index (κ3) is 5.29. The Kier molecular flexibility index (Phi) is 5.32. The zero-order valence-electron chi connectivity index (χ0n) is 13.0. The molecular weight excluding hydrogens is 336 g/mol. The Morgan fingerprint density at radius 1 is 1.26 bits per heavy atom. The van der Waals surface area contributed by atoms with Crippen molar-refractivity contribution in [1.29, 1.82) is 0 Å². The monoisotopic (exact) mass is 354 g/mol. The van der Waals surface area contributed by atoms with Crippen molar-refractivity contribution in [1.82, 2.24) is 10.2 Å². The molecule has 7 nitrogen and oxygen atoms in total. The van der Waals surface area contributed by atoms with Gasteiger partial charge in [0.1, 0.15) is 5.01 Å². The van der Waals surface area contributed by atoms with Crippen LogP contribution < -0.4 is 10.0 Å². The number of amides is 1. The summed E-state index contributed by atoms with van der Waals surface area (Å²) in [4.78, 5) is 12.3. The lowest BCUT2D eigenvalue weighted by atomic mass is 10.1. The topological polar surface area (TPSA) is 101 Å². The number of nitrogens with zero attached hydrogens (tertiary/aromatic N) is 2. The van der Waals surface area contributed by atoms with Gasteiger partial charge in [-0.05, 0) is 18.1 Å². The molecular formula is C14H18N4O3S2. The first kappa shape index (κ1) is 17.4. The Labute approximate surface area is 139 Å². The van der Waals surface area contributed by atoms with Gasteiger partial charge in [0.15, 0.2) is 0 Å². The third-order valence-corrected chi connectivity index (χ3v) is 4.19. The minimum Gasteiger partial charge on any atom is -0.296 e. The largest absolute Gasteiger partial charge is 0.296 e. The molecule has 0 saturated heterocycles. The van der Waals surface area contributed by atoms with Gasteiger partial charge in [0.2, 0.25) is 15.2 Å². The van der Waals surface area contributed by atoms with Gasteiger partial charge in [-0.15, -0.1) is 10.2 Å². The molecule has 0 aliphatic heterocycles. The maximum absolute atomic E-state index is 12.3. The van der Waals surface area contributed by atoms with E-state index in [1.165, 1.54) is 17.4 Å². The number of rotatable bonds is 6. The van der Waals surface area contributed by atoms with Crippen LogP contribution in [0, 0.1) is 5.92 Å². The first-order valence-corrected chi connectivity index (χ1v) is 9.66. The highest BCUT2D eigenvalue weighted by Gasteiger charge is 2.16. The quantitative estimate of drug-likeness (QED) is 0.829. The molecule has 0 fully saturated rings. The van der Waals surface area contributed by atoms with E-state index >= 15 is 0 Å². The van der Waals surface area contributed by atoms with Gasteiger partial charge in [-0.3, -0.25) is 14.8 Å². The molecule has 2 aromatic rings. The average Bonchev–Trinajstić information content (AvgIpc) is 2.83. The fourth-order valence-electron chi connectivity index (χ4n) is 1.87. The number of carbonyl (C=O) groups excluding carboxylic acids is 1. The Hall–Kier alpha value is -2.00. The highest BCUT2D eigenvalue weighted by molar-refractivity contribution is 7.92. The van der Waals surface area contributed by atoms with Crippen LogP contribution in [0.15, 0.2) is 24.3 Å².